The molecule has 1 aromatic heterocycles. The quantitative estimate of drug-likeness (QED) is 0.232. The van der Waals surface area contributed by atoms with E-state index in [9.17, 15) is 4.79 Å². The summed E-state index contributed by atoms with van der Waals surface area (Å²) in [4.78, 5) is 20.0. The molecule has 8 nitrogen and oxygen atoms in total. The molecule has 0 amide bonds. The van der Waals surface area contributed by atoms with Crippen LogP contribution < -0.4 is 38.6 Å². The number of aryl methyl sites for hydroxylation is 1. The molecular formula is C37H30N2O6S. The Hall–Kier alpha value is -5.28. The molecule has 46 heavy (non-hydrogen) atoms. The molecule has 0 fully saturated rings. The summed E-state index contributed by atoms with van der Waals surface area (Å²) in [7, 11) is 3.30. The highest BCUT2D eigenvalue weighted by Crippen LogP contribution is 2.44. The van der Waals surface area contributed by atoms with Crippen LogP contribution in [-0.2, 0) is 13.0 Å². The van der Waals surface area contributed by atoms with Gasteiger partial charge >= 0.3 is 0 Å². The summed E-state index contributed by atoms with van der Waals surface area (Å²) in [5.74, 6) is 3.61. The molecule has 3 heterocycles. The topological polar surface area (TPSA) is 80.5 Å². The lowest BCUT2D eigenvalue weighted by Crippen LogP contribution is -2.39. The number of ether oxygens (including phenoxy) is 5. The monoisotopic (exact) mass is 630 g/mol. The summed E-state index contributed by atoms with van der Waals surface area (Å²) in [5.41, 5.74) is 7.09. The zero-order chi connectivity index (χ0) is 31.2. The van der Waals surface area contributed by atoms with Gasteiger partial charge in [-0.3, -0.25) is 9.36 Å². The molecule has 0 saturated heterocycles. The minimum absolute atomic E-state index is 0.0906. The highest BCUT2D eigenvalue weighted by Gasteiger charge is 2.34. The van der Waals surface area contributed by atoms with E-state index in [1.165, 1.54) is 16.9 Å². The van der Waals surface area contributed by atoms with Crippen molar-refractivity contribution in [3.63, 3.8) is 0 Å². The van der Waals surface area contributed by atoms with Crippen LogP contribution in [0.5, 0.6) is 28.7 Å². The van der Waals surface area contributed by atoms with E-state index < -0.39 is 0 Å². The second-order valence-electron chi connectivity index (χ2n) is 11.3. The van der Waals surface area contributed by atoms with Gasteiger partial charge in [0.2, 0.25) is 6.79 Å². The molecule has 230 valence electrons. The zero-order valence-electron chi connectivity index (χ0n) is 25.3. The average molecular weight is 631 g/mol. The van der Waals surface area contributed by atoms with E-state index in [4.69, 9.17) is 28.7 Å². The predicted octanol–water partition coefficient (Wildman–Crippen LogP) is 5.64. The number of benzene rings is 4. The van der Waals surface area contributed by atoms with E-state index in [1.807, 2.05) is 77.4 Å². The maximum atomic E-state index is 14.2. The second-order valence-corrected chi connectivity index (χ2v) is 12.3. The number of thiazole rings is 1. The van der Waals surface area contributed by atoms with Gasteiger partial charge < -0.3 is 23.7 Å². The largest absolute Gasteiger partial charge is 0.497 e. The minimum Gasteiger partial charge on any atom is -0.497 e. The molecule has 1 atom stereocenters. The van der Waals surface area contributed by atoms with Crippen LogP contribution in [0.2, 0.25) is 0 Å². The van der Waals surface area contributed by atoms with Crippen LogP contribution in [0.15, 0.2) is 100 Å². The van der Waals surface area contributed by atoms with Gasteiger partial charge in [0.25, 0.3) is 5.56 Å². The first-order chi connectivity index (χ1) is 22.6. The Kier molecular flexibility index (Phi) is 7.10. The molecule has 0 N–H and O–H groups in total. The van der Waals surface area contributed by atoms with E-state index >= 15 is 0 Å². The summed E-state index contributed by atoms with van der Waals surface area (Å²) in [5, 5.41) is 0. The molecule has 8 rings (SSSR count). The first-order valence-corrected chi connectivity index (χ1v) is 15.9. The average Bonchev–Trinajstić information content (AvgIpc) is 3.70. The van der Waals surface area contributed by atoms with Crippen LogP contribution in [0.25, 0.3) is 11.8 Å². The Morgan fingerprint density at radius 1 is 0.913 bits per heavy atom. The van der Waals surface area contributed by atoms with Crippen molar-refractivity contribution in [3.8, 4) is 28.7 Å². The van der Waals surface area contributed by atoms with Crippen molar-refractivity contribution >= 4 is 23.1 Å². The lowest BCUT2D eigenvalue weighted by Gasteiger charge is -2.31. The Morgan fingerprint density at radius 3 is 2.59 bits per heavy atom. The molecule has 0 spiro atoms. The molecular weight excluding hydrogens is 600 g/mol. The summed E-state index contributed by atoms with van der Waals surface area (Å²) >= 11 is 1.40. The fourth-order valence-electron chi connectivity index (χ4n) is 6.36. The van der Waals surface area contributed by atoms with Gasteiger partial charge in [-0.1, -0.05) is 53.8 Å². The van der Waals surface area contributed by atoms with Gasteiger partial charge in [-0.15, -0.1) is 0 Å². The molecule has 0 bridgehead atoms. The van der Waals surface area contributed by atoms with Crippen molar-refractivity contribution < 1.29 is 23.7 Å². The maximum absolute atomic E-state index is 14.2. The first-order valence-electron chi connectivity index (χ1n) is 15.1. The first kappa shape index (κ1) is 28.2. The fraction of sp³-hybridized carbons (Fsp3) is 0.189. The van der Waals surface area contributed by atoms with Crippen LogP contribution >= 0.6 is 11.3 Å². The number of hydrogen-bond donors (Lipinski definition) is 0. The summed E-state index contributed by atoms with van der Waals surface area (Å²) in [6.07, 6.45) is 3.58. The van der Waals surface area contributed by atoms with Crippen LogP contribution in [0.4, 0.5) is 0 Å². The SMILES string of the molecule is COc1ccc(OC)c(C2C3=C(N=c4s/c(=C/c5ccc(OCc6ccc7c(c6)OCO7)cc5)c(=O)n42)c2ccccc2CC3)c1. The third-order valence-corrected chi connectivity index (χ3v) is 9.61. The Balaban J connectivity index is 1.17. The summed E-state index contributed by atoms with van der Waals surface area (Å²) < 4.78 is 30.7. The van der Waals surface area contributed by atoms with E-state index in [0.29, 0.717) is 27.4 Å². The highest BCUT2D eigenvalue weighted by atomic mass is 32.1. The third kappa shape index (κ3) is 4.93. The number of fused-ring (bicyclic) bond motifs is 4. The Bertz CT molecular complexity index is 2200. The smallest absolute Gasteiger partial charge is 0.271 e. The third-order valence-electron chi connectivity index (χ3n) is 8.62. The Labute approximate surface area is 269 Å². The minimum atomic E-state index is -0.376. The molecule has 0 saturated carbocycles. The molecule has 5 aromatic rings. The van der Waals surface area contributed by atoms with E-state index in [0.717, 1.165) is 63.6 Å². The standard InChI is InChI=1S/C37H30N2O6S/c1-41-26-13-16-30(42-2)29(19-26)35-28-14-10-24-5-3-4-6-27(24)34(28)38-37-39(35)36(40)33(46-37)18-22-7-11-25(12-8-22)43-20-23-9-15-31-32(17-23)45-21-44-31/h3-9,11-13,15-19,35H,10,14,20-21H2,1-2H3/b33-18+. The van der Waals surface area contributed by atoms with Crippen LogP contribution in [-0.4, -0.2) is 25.6 Å². The van der Waals surface area contributed by atoms with Crippen LogP contribution in [0.3, 0.4) is 0 Å². The highest BCUT2D eigenvalue weighted by molar-refractivity contribution is 7.07. The van der Waals surface area contributed by atoms with E-state index in [-0.39, 0.29) is 18.4 Å². The molecule has 4 aromatic carbocycles. The number of allylic oxidation sites excluding steroid dienone is 1. The van der Waals surface area contributed by atoms with Gasteiger partial charge in [-0.05, 0) is 83.6 Å². The van der Waals surface area contributed by atoms with Gasteiger partial charge in [-0.25, -0.2) is 4.99 Å². The van der Waals surface area contributed by atoms with Gasteiger partial charge in [0.15, 0.2) is 16.3 Å². The number of methoxy groups -OCH3 is 2. The molecule has 9 heteroatoms. The second kappa shape index (κ2) is 11.6. The van der Waals surface area contributed by atoms with Gasteiger partial charge in [-0.2, -0.15) is 0 Å². The summed E-state index contributed by atoms with van der Waals surface area (Å²) in [6, 6.07) is 27.3. The molecule has 2 aliphatic heterocycles. The molecule has 1 aliphatic carbocycles. The summed E-state index contributed by atoms with van der Waals surface area (Å²) in [6.45, 7) is 0.640. The Morgan fingerprint density at radius 2 is 1.74 bits per heavy atom. The van der Waals surface area contributed by atoms with Crippen molar-refractivity contribution in [1.29, 1.82) is 0 Å². The number of hydrogen-bond acceptors (Lipinski definition) is 8. The van der Waals surface area contributed by atoms with Gasteiger partial charge in [0.1, 0.15) is 23.9 Å². The van der Waals surface area contributed by atoms with Crippen molar-refractivity contribution in [2.45, 2.75) is 25.5 Å². The van der Waals surface area contributed by atoms with Crippen molar-refractivity contribution in [3.05, 3.63) is 138 Å². The van der Waals surface area contributed by atoms with Gasteiger partial charge in [0.05, 0.1) is 30.5 Å². The number of rotatable bonds is 7. The lowest BCUT2D eigenvalue weighted by molar-refractivity contribution is 0.174. The van der Waals surface area contributed by atoms with Crippen molar-refractivity contribution in [2.75, 3.05) is 21.0 Å². The molecule has 3 aliphatic rings. The number of aromatic nitrogens is 1. The van der Waals surface area contributed by atoms with Crippen LogP contribution in [0.1, 0.15) is 40.3 Å². The number of nitrogens with zero attached hydrogens (tertiary/aromatic N) is 2. The predicted molar refractivity (Wildman–Crippen MR) is 176 cm³/mol. The fourth-order valence-corrected chi connectivity index (χ4v) is 7.36. The molecule has 0 radical (unpaired) electrons. The van der Waals surface area contributed by atoms with Crippen LogP contribution in [0, 0.1) is 0 Å². The zero-order valence-corrected chi connectivity index (χ0v) is 26.1. The van der Waals surface area contributed by atoms with Crippen molar-refractivity contribution in [2.24, 2.45) is 4.99 Å². The normalized spacial score (nSPS) is 16.3. The van der Waals surface area contributed by atoms with Crippen molar-refractivity contribution in [1.82, 2.24) is 4.57 Å². The van der Waals surface area contributed by atoms with E-state index in [2.05, 4.69) is 18.2 Å². The van der Waals surface area contributed by atoms with E-state index in [1.54, 1.807) is 14.2 Å². The molecule has 1 unspecified atom stereocenters. The lowest BCUT2D eigenvalue weighted by atomic mass is 9.83. The van der Waals surface area contributed by atoms with Gasteiger partial charge in [0, 0.05) is 11.1 Å². The maximum Gasteiger partial charge on any atom is 0.271 e.